The van der Waals surface area contributed by atoms with Crippen LogP contribution in [0.1, 0.15) is 47.5 Å². The molecule has 0 aromatic carbocycles. The average molecular weight is 322 g/mol. The first-order valence-electron chi connectivity index (χ1n) is 7.17. The van der Waals surface area contributed by atoms with Gasteiger partial charge in [0, 0.05) is 33.8 Å². The molecule has 0 aliphatic rings. The Hall–Kier alpha value is -1.47. The molecule has 0 bridgehead atoms. The fraction of sp³-hybridized carbons (Fsp3) is 0.800. The number of hydrogen-bond acceptors (Lipinski definition) is 7. The van der Waals surface area contributed by atoms with Crippen molar-refractivity contribution in [1.29, 1.82) is 0 Å². The number of rotatable bonds is 7. The van der Waals surface area contributed by atoms with Crippen molar-refractivity contribution in [2.45, 2.75) is 53.6 Å². The lowest BCUT2D eigenvalue weighted by Crippen LogP contribution is -2.19. The summed E-state index contributed by atoms with van der Waals surface area (Å²) in [5.41, 5.74) is 0. The van der Waals surface area contributed by atoms with E-state index in [0.717, 1.165) is 0 Å². The highest BCUT2D eigenvalue weighted by Gasteiger charge is 2.06. The number of carbonyl (C=O) groups is 3. The molecule has 1 unspecified atom stereocenters. The summed E-state index contributed by atoms with van der Waals surface area (Å²) in [6, 6.07) is 0. The van der Waals surface area contributed by atoms with Crippen LogP contribution >= 0.6 is 0 Å². The van der Waals surface area contributed by atoms with Crippen LogP contribution in [0.2, 0.25) is 0 Å². The summed E-state index contributed by atoms with van der Waals surface area (Å²) in [6.45, 7) is 8.72. The van der Waals surface area contributed by atoms with Gasteiger partial charge in [0.15, 0.2) is 0 Å². The Kier molecular flexibility index (Phi) is 22.6. The van der Waals surface area contributed by atoms with E-state index in [1.54, 1.807) is 14.0 Å². The molecule has 0 aromatic rings. The molecule has 0 aromatic heterocycles. The van der Waals surface area contributed by atoms with Gasteiger partial charge < -0.3 is 19.3 Å². The smallest absolute Gasteiger partial charge is 0.303 e. The van der Waals surface area contributed by atoms with Crippen LogP contribution in [0.5, 0.6) is 0 Å². The monoisotopic (exact) mass is 322 g/mol. The van der Waals surface area contributed by atoms with E-state index < -0.39 is 0 Å². The second-order valence-electron chi connectivity index (χ2n) is 4.18. The molecule has 0 aliphatic heterocycles. The van der Waals surface area contributed by atoms with Crippen LogP contribution in [0.15, 0.2) is 0 Å². The summed E-state index contributed by atoms with van der Waals surface area (Å²) in [5.74, 6) is -0.399. The molecule has 1 atom stereocenters. The Morgan fingerprint density at radius 3 is 1.73 bits per heavy atom. The minimum atomic E-state index is -0.371. The van der Waals surface area contributed by atoms with Crippen LogP contribution in [0.3, 0.4) is 0 Å². The standard InChI is InChI=1S/C7H12O4.C5H10O.C3H8O2/c1-5(11-7(3)9)4-10-6(2)8;1-3-5(6)4-2;1-5-3-2-4/h5H,4H2,1-3H3;3-4H2,1-2H3;4H,2-3H2,1H3. The molecule has 0 spiro atoms. The third-order valence-electron chi connectivity index (χ3n) is 1.97. The van der Waals surface area contributed by atoms with Crippen molar-refractivity contribution in [3.05, 3.63) is 0 Å². The number of carbonyl (C=O) groups excluding carboxylic acids is 3. The number of ether oxygens (including phenoxy) is 3. The summed E-state index contributed by atoms with van der Waals surface area (Å²) in [5, 5.41) is 7.94. The largest absolute Gasteiger partial charge is 0.462 e. The van der Waals surface area contributed by atoms with E-state index in [9.17, 15) is 14.4 Å². The van der Waals surface area contributed by atoms with Gasteiger partial charge in [0.2, 0.25) is 0 Å². The Morgan fingerprint density at radius 1 is 1.05 bits per heavy atom. The molecule has 22 heavy (non-hydrogen) atoms. The molecule has 0 amide bonds. The molecule has 0 saturated carbocycles. The van der Waals surface area contributed by atoms with Crippen molar-refractivity contribution in [3.63, 3.8) is 0 Å². The van der Waals surface area contributed by atoms with Crippen LogP contribution in [-0.4, -0.2) is 55.9 Å². The molecule has 0 fully saturated rings. The summed E-state index contributed by atoms with van der Waals surface area (Å²) < 4.78 is 13.7. The maximum atomic E-state index is 10.3. The lowest BCUT2D eigenvalue weighted by Gasteiger charge is -2.10. The molecule has 132 valence electrons. The minimum absolute atomic E-state index is 0.120. The van der Waals surface area contributed by atoms with Crippen LogP contribution in [0, 0.1) is 0 Å². The quantitative estimate of drug-likeness (QED) is 0.709. The van der Waals surface area contributed by atoms with E-state index in [2.05, 4.69) is 14.2 Å². The molecule has 0 saturated heterocycles. The number of methoxy groups -OCH3 is 1. The van der Waals surface area contributed by atoms with E-state index in [4.69, 9.17) is 5.11 Å². The van der Waals surface area contributed by atoms with Gasteiger partial charge in [0.25, 0.3) is 0 Å². The molecule has 0 radical (unpaired) electrons. The maximum absolute atomic E-state index is 10.3. The van der Waals surface area contributed by atoms with E-state index in [0.29, 0.717) is 25.2 Å². The molecular weight excluding hydrogens is 292 g/mol. The van der Waals surface area contributed by atoms with Gasteiger partial charge in [0.05, 0.1) is 13.2 Å². The van der Waals surface area contributed by atoms with Crippen LogP contribution in [0.25, 0.3) is 0 Å². The molecule has 7 heteroatoms. The summed E-state index contributed by atoms with van der Waals surface area (Å²) in [7, 11) is 1.55. The topological polar surface area (TPSA) is 99.1 Å². The predicted octanol–water partition coefficient (Wildman–Crippen LogP) is 1.50. The van der Waals surface area contributed by atoms with Crippen molar-refractivity contribution >= 4 is 17.7 Å². The highest BCUT2D eigenvalue weighted by Crippen LogP contribution is 1.92. The zero-order valence-electron chi connectivity index (χ0n) is 14.5. The Morgan fingerprint density at radius 2 is 1.55 bits per heavy atom. The van der Waals surface area contributed by atoms with Gasteiger partial charge in [-0.15, -0.1) is 0 Å². The normalized spacial score (nSPS) is 10.1. The van der Waals surface area contributed by atoms with Crippen molar-refractivity contribution in [3.8, 4) is 0 Å². The summed E-state index contributed by atoms with van der Waals surface area (Å²) in [4.78, 5) is 30.8. The van der Waals surface area contributed by atoms with Crippen molar-refractivity contribution in [1.82, 2.24) is 0 Å². The highest BCUT2D eigenvalue weighted by molar-refractivity contribution is 5.77. The highest BCUT2D eigenvalue weighted by atomic mass is 16.6. The van der Waals surface area contributed by atoms with Gasteiger partial charge in [0.1, 0.15) is 18.5 Å². The molecular formula is C15H30O7. The van der Waals surface area contributed by atoms with E-state index in [-0.39, 0.29) is 31.3 Å². The molecule has 1 N–H and O–H groups in total. The van der Waals surface area contributed by atoms with Crippen LogP contribution in [0.4, 0.5) is 0 Å². The van der Waals surface area contributed by atoms with Gasteiger partial charge >= 0.3 is 11.9 Å². The number of ketones is 1. The minimum Gasteiger partial charge on any atom is -0.462 e. The maximum Gasteiger partial charge on any atom is 0.303 e. The second-order valence-corrected chi connectivity index (χ2v) is 4.18. The van der Waals surface area contributed by atoms with Crippen LogP contribution < -0.4 is 0 Å². The third-order valence-corrected chi connectivity index (χ3v) is 1.97. The average Bonchev–Trinajstić information content (AvgIpc) is 2.45. The molecule has 0 heterocycles. The van der Waals surface area contributed by atoms with Gasteiger partial charge in [-0.1, -0.05) is 13.8 Å². The zero-order valence-corrected chi connectivity index (χ0v) is 14.5. The SMILES string of the molecule is CC(=O)OCC(C)OC(C)=O.CCC(=O)CC.COCCO. The van der Waals surface area contributed by atoms with E-state index >= 15 is 0 Å². The van der Waals surface area contributed by atoms with Crippen molar-refractivity contribution in [2.24, 2.45) is 0 Å². The fourth-order valence-electron chi connectivity index (χ4n) is 0.893. The number of aliphatic hydroxyl groups excluding tert-OH is 1. The number of hydrogen-bond donors (Lipinski definition) is 1. The molecule has 0 rings (SSSR count). The molecule has 0 aliphatic carbocycles. The first kappa shape index (κ1) is 25.5. The number of aliphatic hydroxyl groups is 1. The second kappa shape index (κ2) is 19.5. The third kappa shape index (κ3) is 31.1. The lowest BCUT2D eigenvalue weighted by molar-refractivity contribution is -0.155. The summed E-state index contributed by atoms with van der Waals surface area (Å²) >= 11 is 0. The van der Waals surface area contributed by atoms with Crippen molar-refractivity contribution < 1.29 is 33.7 Å². The van der Waals surface area contributed by atoms with E-state index in [1.165, 1.54) is 13.8 Å². The van der Waals surface area contributed by atoms with Gasteiger partial charge in [-0.3, -0.25) is 14.4 Å². The molecule has 7 nitrogen and oxygen atoms in total. The van der Waals surface area contributed by atoms with Crippen LogP contribution in [-0.2, 0) is 28.6 Å². The van der Waals surface area contributed by atoms with Crippen molar-refractivity contribution in [2.75, 3.05) is 26.9 Å². The lowest BCUT2D eigenvalue weighted by atomic mass is 10.3. The first-order valence-corrected chi connectivity index (χ1v) is 7.17. The predicted molar refractivity (Wildman–Crippen MR) is 82.4 cm³/mol. The van der Waals surface area contributed by atoms with E-state index in [1.807, 2.05) is 13.8 Å². The zero-order chi connectivity index (χ0) is 18.0. The Balaban J connectivity index is -0.000000277. The fourth-order valence-corrected chi connectivity index (χ4v) is 0.893. The van der Waals surface area contributed by atoms with Gasteiger partial charge in [-0.2, -0.15) is 0 Å². The Labute approximate surface area is 132 Å². The number of Topliss-reactive ketones (excluding diaryl/α,β-unsaturated/α-hetero) is 1. The Bertz CT molecular complexity index is 282. The summed E-state index contributed by atoms with van der Waals surface area (Å²) in [6.07, 6.45) is 1.02. The van der Waals surface area contributed by atoms with Gasteiger partial charge in [-0.05, 0) is 6.92 Å². The number of esters is 2. The van der Waals surface area contributed by atoms with Gasteiger partial charge in [-0.25, -0.2) is 0 Å². The first-order chi connectivity index (χ1) is 10.2.